The van der Waals surface area contributed by atoms with Crippen LogP contribution < -0.4 is 10.6 Å². The Morgan fingerprint density at radius 1 is 1.19 bits per heavy atom. The molecule has 1 aromatic carbocycles. The zero-order chi connectivity index (χ0) is 15.4. The van der Waals surface area contributed by atoms with E-state index in [2.05, 4.69) is 9.97 Å². The van der Waals surface area contributed by atoms with E-state index >= 15 is 0 Å². The van der Waals surface area contributed by atoms with Crippen molar-refractivity contribution in [3.63, 3.8) is 0 Å². The van der Waals surface area contributed by atoms with Crippen molar-refractivity contribution < 1.29 is 4.79 Å². The zero-order valence-electron chi connectivity index (χ0n) is 12.3. The van der Waals surface area contributed by atoms with Gasteiger partial charge in [0.15, 0.2) is 5.16 Å². The SMILES string of the molecule is Cc1cc(C)nc(SCC(=O)N(C)c2ccc(N)cc2)n1. The van der Waals surface area contributed by atoms with Crippen molar-refractivity contribution in [2.45, 2.75) is 19.0 Å². The maximum absolute atomic E-state index is 12.2. The molecule has 1 aromatic heterocycles. The highest BCUT2D eigenvalue weighted by Crippen LogP contribution is 2.18. The van der Waals surface area contributed by atoms with Crippen LogP contribution in [0.1, 0.15) is 11.4 Å². The molecule has 110 valence electrons. The van der Waals surface area contributed by atoms with Gasteiger partial charge in [0.05, 0.1) is 5.75 Å². The number of amides is 1. The van der Waals surface area contributed by atoms with Gasteiger partial charge in [0.2, 0.25) is 5.91 Å². The van der Waals surface area contributed by atoms with Crippen molar-refractivity contribution in [3.8, 4) is 0 Å². The van der Waals surface area contributed by atoms with E-state index in [1.54, 1.807) is 24.1 Å². The molecule has 0 radical (unpaired) electrons. The summed E-state index contributed by atoms with van der Waals surface area (Å²) in [5.41, 5.74) is 8.95. The third-order valence-electron chi connectivity index (χ3n) is 2.94. The Labute approximate surface area is 128 Å². The van der Waals surface area contributed by atoms with Gasteiger partial charge in [-0.05, 0) is 44.2 Å². The van der Waals surface area contributed by atoms with Crippen molar-refractivity contribution in [1.29, 1.82) is 0 Å². The molecule has 21 heavy (non-hydrogen) atoms. The molecule has 2 N–H and O–H groups in total. The van der Waals surface area contributed by atoms with Crippen LogP contribution in [0.4, 0.5) is 11.4 Å². The first-order valence-electron chi connectivity index (χ1n) is 6.53. The van der Waals surface area contributed by atoms with Crippen LogP contribution in [0.3, 0.4) is 0 Å². The molecular formula is C15H18N4OS. The van der Waals surface area contributed by atoms with Crippen LogP contribution in [0.15, 0.2) is 35.5 Å². The molecule has 0 saturated carbocycles. The predicted molar refractivity (Wildman–Crippen MR) is 86.5 cm³/mol. The Morgan fingerprint density at radius 2 is 1.76 bits per heavy atom. The topological polar surface area (TPSA) is 72.1 Å². The number of nitrogens with zero attached hydrogens (tertiary/aromatic N) is 3. The van der Waals surface area contributed by atoms with E-state index in [1.807, 2.05) is 32.0 Å². The second-order valence-corrected chi connectivity index (χ2v) is 5.71. The molecule has 6 heteroatoms. The molecule has 0 unspecified atom stereocenters. The van der Waals surface area contributed by atoms with Gasteiger partial charge >= 0.3 is 0 Å². The second kappa shape index (κ2) is 6.58. The van der Waals surface area contributed by atoms with Crippen LogP contribution in [-0.2, 0) is 4.79 Å². The fraction of sp³-hybridized carbons (Fsp3) is 0.267. The smallest absolute Gasteiger partial charge is 0.237 e. The summed E-state index contributed by atoms with van der Waals surface area (Å²) < 4.78 is 0. The number of benzene rings is 1. The van der Waals surface area contributed by atoms with Gasteiger partial charge in [0.25, 0.3) is 0 Å². The van der Waals surface area contributed by atoms with E-state index in [0.717, 1.165) is 17.1 Å². The highest BCUT2D eigenvalue weighted by atomic mass is 32.2. The van der Waals surface area contributed by atoms with Gasteiger partial charge in [-0.3, -0.25) is 4.79 Å². The fourth-order valence-electron chi connectivity index (χ4n) is 1.82. The summed E-state index contributed by atoms with van der Waals surface area (Å²) in [5.74, 6) is 0.288. The molecule has 5 nitrogen and oxygen atoms in total. The van der Waals surface area contributed by atoms with Gasteiger partial charge in [-0.15, -0.1) is 0 Å². The molecule has 1 heterocycles. The molecule has 0 bridgehead atoms. The number of hydrogen-bond donors (Lipinski definition) is 1. The lowest BCUT2D eigenvalue weighted by Crippen LogP contribution is -2.27. The molecule has 0 aliphatic rings. The molecule has 2 aromatic rings. The van der Waals surface area contributed by atoms with E-state index in [-0.39, 0.29) is 5.91 Å². The number of aromatic nitrogens is 2. The molecule has 1 amide bonds. The number of hydrogen-bond acceptors (Lipinski definition) is 5. The number of aryl methyl sites for hydroxylation is 2. The fourth-order valence-corrected chi connectivity index (χ4v) is 2.69. The van der Waals surface area contributed by atoms with Crippen LogP contribution in [-0.4, -0.2) is 28.7 Å². The summed E-state index contributed by atoms with van der Waals surface area (Å²) in [6, 6.07) is 9.11. The Kier molecular flexibility index (Phi) is 4.80. The highest BCUT2D eigenvalue weighted by Gasteiger charge is 2.12. The van der Waals surface area contributed by atoms with Crippen molar-refractivity contribution in [2.24, 2.45) is 0 Å². The maximum Gasteiger partial charge on any atom is 0.237 e. The lowest BCUT2D eigenvalue weighted by molar-refractivity contribution is -0.115. The van der Waals surface area contributed by atoms with Gasteiger partial charge < -0.3 is 10.6 Å². The van der Waals surface area contributed by atoms with Crippen LogP contribution in [0.5, 0.6) is 0 Å². The standard InChI is InChI=1S/C15H18N4OS/c1-10-8-11(2)18-15(17-10)21-9-14(20)19(3)13-6-4-12(16)5-7-13/h4-8H,9,16H2,1-3H3. The molecule has 0 aliphatic heterocycles. The monoisotopic (exact) mass is 302 g/mol. The minimum absolute atomic E-state index is 0.00692. The predicted octanol–water partition coefficient (Wildman–Crippen LogP) is 2.43. The Balaban J connectivity index is 1.99. The van der Waals surface area contributed by atoms with Gasteiger partial charge in [0, 0.05) is 29.8 Å². The average Bonchev–Trinajstić information content (AvgIpc) is 2.44. The van der Waals surface area contributed by atoms with Crippen molar-refractivity contribution in [1.82, 2.24) is 9.97 Å². The number of carbonyl (C=O) groups is 1. The van der Waals surface area contributed by atoms with Crippen molar-refractivity contribution in [2.75, 3.05) is 23.4 Å². The lowest BCUT2D eigenvalue weighted by atomic mass is 10.2. The quantitative estimate of drug-likeness (QED) is 0.533. The normalized spacial score (nSPS) is 10.4. The minimum atomic E-state index is -0.00692. The number of nitrogens with two attached hydrogens (primary N) is 1. The molecule has 0 aliphatic carbocycles. The summed E-state index contributed by atoms with van der Waals surface area (Å²) in [6.07, 6.45) is 0. The third kappa shape index (κ3) is 4.19. The zero-order valence-corrected chi connectivity index (χ0v) is 13.1. The molecular weight excluding hydrogens is 284 g/mol. The highest BCUT2D eigenvalue weighted by molar-refractivity contribution is 7.99. The van der Waals surface area contributed by atoms with Crippen LogP contribution in [0.25, 0.3) is 0 Å². The van der Waals surface area contributed by atoms with Crippen LogP contribution in [0.2, 0.25) is 0 Å². The molecule has 2 rings (SSSR count). The number of thioether (sulfide) groups is 1. The number of rotatable bonds is 4. The van der Waals surface area contributed by atoms with E-state index < -0.39 is 0 Å². The number of anilines is 2. The molecule has 0 spiro atoms. The first-order valence-corrected chi connectivity index (χ1v) is 7.51. The largest absolute Gasteiger partial charge is 0.399 e. The molecule has 0 atom stereocenters. The summed E-state index contributed by atoms with van der Waals surface area (Å²) in [6.45, 7) is 3.84. The lowest BCUT2D eigenvalue weighted by Gasteiger charge is -2.17. The van der Waals surface area contributed by atoms with Gasteiger partial charge in [-0.1, -0.05) is 11.8 Å². The molecule has 0 fully saturated rings. The van der Waals surface area contributed by atoms with E-state index in [1.165, 1.54) is 11.8 Å². The summed E-state index contributed by atoms with van der Waals surface area (Å²) in [4.78, 5) is 22.4. The number of nitrogen functional groups attached to an aromatic ring is 1. The second-order valence-electron chi connectivity index (χ2n) is 4.77. The summed E-state index contributed by atoms with van der Waals surface area (Å²) in [5, 5.41) is 0.631. The first-order chi connectivity index (χ1) is 9.95. The van der Waals surface area contributed by atoms with Crippen molar-refractivity contribution in [3.05, 3.63) is 41.7 Å². The molecule has 0 saturated heterocycles. The van der Waals surface area contributed by atoms with E-state index in [0.29, 0.717) is 16.6 Å². The Hall–Kier alpha value is -2.08. The Bertz CT molecular complexity index is 622. The maximum atomic E-state index is 12.2. The van der Waals surface area contributed by atoms with E-state index in [4.69, 9.17) is 5.73 Å². The third-order valence-corrected chi connectivity index (χ3v) is 3.77. The van der Waals surface area contributed by atoms with Crippen LogP contribution in [0, 0.1) is 13.8 Å². The average molecular weight is 302 g/mol. The minimum Gasteiger partial charge on any atom is -0.399 e. The summed E-state index contributed by atoms with van der Waals surface area (Å²) >= 11 is 1.34. The van der Waals surface area contributed by atoms with Crippen LogP contribution >= 0.6 is 11.8 Å². The summed E-state index contributed by atoms with van der Waals surface area (Å²) in [7, 11) is 1.75. The van der Waals surface area contributed by atoms with Gasteiger partial charge in [0.1, 0.15) is 0 Å². The van der Waals surface area contributed by atoms with Crippen molar-refractivity contribution >= 4 is 29.0 Å². The Morgan fingerprint density at radius 3 is 2.33 bits per heavy atom. The first kappa shape index (κ1) is 15.3. The van der Waals surface area contributed by atoms with Gasteiger partial charge in [-0.25, -0.2) is 9.97 Å². The van der Waals surface area contributed by atoms with Gasteiger partial charge in [-0.2, -0.15) is 0 Å². The number of carbonyl (C=O) groups excluding carboxylic acids is 1. The van der Waals surface area contributed by atoms with E-state index in [9.17, 15) is 4.79 Å².